The Hall–Kier alpha value is -1.86. The number of aliphatic hydroxyl groups is 24. The van der Waals surface area contributed by atoms with Gasteiger partial charge in [0.1, 0.15) is 67.1 Å². The molecule has 0 spiro atoms. The summed E-state index contributed by atoms with van der Waals surface area (Å²) < 4.78 is 41.7. The van der Waals surface area contributed by atoms with E-state index in [2.05, 4.69) is 0 Å². The summed E-state index contributed by atoms with van der Waals surface area (Å²) in [7, 11) is 0. The molecule has 0 bridgehead atoms. The molecule has 22 unspecified atom stereocenters. The molecule has 0 amide bonds. The Morgan fingerprint density at radius 1 is 0.205 bits per heavy atom. The molecule has 0 aromatic carbocycles. The van der Waals surface area contributed by atoms with Gasteiger partial charge in [0.2, 0.25) is 31.5 Å². The van der Waals surface area contributed by atoms with Gasteiger partial charge in [0.25, 0.3) is 0 Å². The number of aliphatic hydroxyl groups excluding tert-OH is 24. The molecule has 1 aliphatic rings. The van der Waals surface area contributed by atoms with Crippen molar-refractivity contribution in [3.8, 4) is 0 Å². The zero-order chi connectivity index (χ0) is 67.4. The summed E-state index contributed by atoms with van der Waals surface area (Å²) in [6.07, 6.45) is -57.4. The van der Waals surface area contributed by atoms with E-state index in [-0.39, 0.29) is 0 Å². The fourth-order valence-electron chi connectivity index (χ4n) is 7.62. The van der Waals surface area contributed by atoms with Crippen LogP contribution >= 0.6 is 92.8 Å². The lowest BCUT2D eigenvalue weighted by Crippen LogP contribution is -2.52. The van der Waals surface area contributed by atoms with Crippen LogP contribution in [0.1, 0.15) is 51.4 Å². The van der Waals surface area contributed by atoms with Crippen LogP contribution in [-0.2, 0) is 37.9 Å². The highest BCUT2D eigenvalue weighted by Gasteiger charge is 2.43. The summed E-state index contributed by atoms with van der Waals surface area (Å²) in [4.78, 5) is 0. The van der Waals surface area contributed by atoms with Crippen molar-refractivity contribution in [3.63, 3.8) is 0 Å². The van der Waals surface area contributed by atoms with Gasteiger partial charge < -0.3 is 160 Å². The van der Waals surface area contributed by atoms with Crippen LogP contribution in [0, 0.1) is 0 Å². The monoisotopic (exact) mass is 1450 g/mol. The molecule has 1 aliphatic heterocycles. The van der Waals surface area contributed by atoms with Gasteiger partial charge in [0, 0.05) is 47.0 Å². The molecule has 0 aromatic rings. The Morgan fingerprint density at radius 2 is 0.375 bits per heavy atom. The molecule has 0 saturated carbocycles. The highest BCUT2D eigenvalue weighted by molar-refractivity contribution is 6.19. The summed E-state index contributed by atoms with van der Waals surface area (Å²) in [5, 5.41) is 263. The normalized spacial score (nSPS) is 36.4. The Bertz CT molecular complexity index is 2160. The SMILES string of the molecule is OC1=C(O)C(CCCl)OC(O)C(O)=C(O)C(CCCl)OC(O)C(O)=C(O)C(CCCl)OC(O)C(O)C(O)C(CCCl)OC(O)C(O)C(O)C(CCCl)OC(O)C(O)=C(O)C(CCCl)OC(O)C(O)C(O)C(CCCl)OC(O)C(O)=C(O)C(CCCl)OC1O. The summed E-state index contributed by atoms with van der Waals surface area (Å²) in [5.74, 6) is -18.8. The van der Waals surface area contributed by atoms with Crippen molar-refractivity contribution in [1.82, 2.24) is 0 Å². The third-order valence-corrected chi connectivity index (χ3v) is 14.3. The zero-order valence-corrected chi connectivity index (χ0v) is 52.1. The van der Waals surface area contributed by atoms with Gasteiger partial charge in [0.15, 0.2) is 76.5 Å². The molecule has 88 heavy (non-hydrogen) atoms. The predicted octanol–water partition coefficient (Wildman–Crippen LogP) is 0.463. The van der Waals surface area contributed by atoms with E-state index in [4.69, 9.17) is 131 Å². The van der Waals surface area contributed by atoms with Crippen molar-refractivity contribution in [1.29, 1.82) is 0 Å². The summed E-state index contributed by atoms with van der Waals surface area (Å²) in [6.45, 7) is 0. The Balaban J connectivity index is 4.13. The van der Waals surface area contributed by atoms with Crippen LogP contribution in [-0.4, -0.2) is 305 Å². The molecule has 40 heteroatoms. The van der Waals surface area contributed by atoms with E-state index in [1.165, 1.54) is 0 Å². The minimum absolute atomic E-state index is 0.454. The van der Waals surface area contributed by atoms with Gasteiger partial charge in [-0.2, -0.15) is 0 Å². The van der Waals surface area contributed by atoms with Crippen molar-refractivity contribution in [2.24, 2.45) is 0 Å². The standard InChI is InChI=1S/C48H78Cl8O32/c49-9-1-17-25(57)33(65)42(74)82-19(3-11-51)27(59)35(67)44(76)84-21(5-13-53)29(61)37(69)46(78)86-23(7-15-55)31(63)39(71)48(80)88-24(8-16-56)32(64)40(72)47(79)87-22(6-14-54)30(62)38(70)45(77)85-20(4-12-52)28(60)36(68)43(75)83-18(2-10-50)26(58)34(66)41(73)81-17/h17-26,30,33-34,38,41-48,57-80H,1-16H2. The van der Waals surface area contributed by atoms with Crippen LogP contribution in [0.5, 0.6) is 0 Å². The maximum atomic E-state index is 11.1. The average molecular weight is 1450 g/mol. The molecule has 1 rings (SSSR count). The first-order valence-corrected chi connectivity index (χ1v) is 30.4. The smallest absolute Gasteiger partial charge is 0.218 e. The zero-order valence-electron chi connectivity index (χ0n) is 46.0. The molecular weight excluding hydrogens is 1370 g/mol. The summed E-state index contributed by atoms with van der Waals surface area (Å²) in [6, 6.07) is 0. The number of rotatable bonds is 16. The second-order valence-electron chi connectivity index (χ2n) is 18.7. The lowest BCUT2D eigenvalue weighted by atomic mass is 10.0. The quantitative estimate of drug-likeness (QED) is 0.0934. The fraction of sp³-hybridized carbons (Fsp3) is 0.792. The fourth-order valence-corrected chi connectivity index (χ4v) is 9.26. The molecule has 1 heterocycles. The minimum atomic E-state index is -2.77. The Morgan fingerprint density at radius 3 is 0.580 bits per heavy atom. The Labute approximate surface area is 542 Å². The van der Waals surface area contributed by atoms with Crippen LogP contribution < -0.4 is 0 Å². The maximum Gasteiger partial charge on any atom is 0.218 e. The van der Waals surface area contributed by atoms with E-state index in [0.29, 0.717) is 0 Å². The lowest BCUT2D eigenvalue weighted by Gasteiger charge is -2.35. The average Bonchev–Trinajstić information content (AvgIpc) is 3.29. The molecular formula is C48H78Cl8O32. The molecule has 0 fully saturated rings. The minimum Gasteiger partial charge on any atom is -0.506 e. The van der Waals surface area contributed by atoms with E-state index in [1.807, 2.05) is 0 Å². The number of halogens is 8. The van der Waals surface area contributed by atoms with Gasteiger partial charge >= 0.3 is 0 Å². The predicted molar refractivity (Wildman–Crippen MR) is 307 cm³/mol. The lowest BCUT2D eigenvalue weighted by molar-refractivity contribution is -0.265. The van der Waals surface area contributed by atoms with E-state index in [1.54, 1.807) is 0 Å². The third kappa shape index (κ3) is 25.8. The number of hydrogen-bond donors (Lipinski definition) is 24. The van der Waals surface area contributed by atoms with Crippen molar-refractivity contribution >= 4 is 92.8 Å². The van der Waals surface area contributed by atoms with Crippen molar-refractivity contribution < 1.29 is 160 Å². The van der Waals surface area contributed by atoms with Crippen LogP contribution in [0.25, 0.3) is 0 Å². The van der Waals surface area contributed by atoms with E-state index in [9.17, 15) is 123 Å². The largest absolute Gasteiger partial charge is 0.506 e. The molecule has 24 N–H and O–H groups in total. The third-order valence-electron chi connectivity index (χ3n) is 12.5. The molecule has 32 nitrogen and oxygen atoms in total. The molecule has 0 radical (unpaired) electrons. The van der Waals surface area contributed by atoms with Gasteiger partial charge in [-0.1, -0.05) is 0 Å². The van der Waals surface area contributed by atoms with Gasteiger partial charge in [-0.3, -0.25) is 0 Å². The first-order chi connectivity index (χ1) is 41.3. The molecule has 518 valence electrons. The first-order valence-electron chi connectivity index (χ1n) is 26.2. The van der Waals surface area contributed by atoms with E-state index >= 15 is 0 Å². The molecule has 0 saturated heterocycles. The van der Waals surface area contributed by atoms with Gasteiger partial charge in [-0.05, 0) is 51.4 Å². The maximum absolute atomic E-state index is 11.1. The second-order valence-corrected chi connectivity index (χ2v) is 21.7. The first kappa shape index (κ1) is 84.2. The highest BCUT2D eigenvalue weighted by Crippen LogP contribution is 2.29. The summed E-state index contributed by atoms with van der Waals surface area (Å²) in [5.41, 5.74) is 0. The van der Waals surface area contributed by atoms with Crippen molar-refractivity contribution in [3.05, 3.63) is 57.6 Å². The topological polar surface area (TPSA) is 559 Å². The van der Waals surface area contributed by atoms with Gasteiger partial charge in [-0.25, -0.2) is 0 Å². The van der Waals surface area contributed by atoms with Gasteiger partial charge in [-0.15, -0.1) is 92.8 Å². The van der Waals surface area contributed by atoms with Crippen LogP contribution in [0.15, 0.2) is 57.6 Å². The van der Waals surface area contributed by atoms with Crippen LogP contribution in [0.2, 0.25) is 0 Å². The van der Waals surface area contributed by atoms with Crippen molar-refractivity contribution in [2.45, 2.75) is 187 Å². The molecule has 22 atom stereocenters. The van der Waals surface area contributed by atoms with E-state index < -0.39 is 292 Å². The molecule has 0 aliphatic carbocycles. The molecule has 0 aromatic heterocycles. The van der Waals surface area contributed by atoms with Crippen LogP contribution in [0.3, 0.4) is 0 Å². The van der Waals surface area contributed by atoms with Crippen molar-refractivity contribution in [2.75, 3.05) is 47.0 Å². The Kier molecular flexibility index (Phi) is 41.3. The highest BCUT2D eigenvalue weighted by atomic mass is 35.5. The van der Waals surface area contributed by atoms with E-state index in [0.717, 1.165) is 0 Å². The number of hydrogen-bond acceptors (Lipinski definition) is 32. The number of alkyl halides is 8. The van der Waals surface area contributed by atoms with Crippen LogP contribution in [0.4, 0.5) is 0 Å². The summed E-state index contributed by atoms with van der Waals surface area (Å²) >= 11 is 46.7. The van der Waals surface area contributed by atoms with Gasteiger partial charge in [0.05, 0.1) is 18.3 Å². The second kappa shape index (κ2) is 43.2. The number of ether oxygens (including phenoxy) is 8.